The highest BCUT2D eigenvalue weighted by Crippen LogP contribution is 2.38. The average molecular weight is 408 g/mol. The monoisotopic (exact) mass is 407 g/mol. The lowest BCUT2D eigenvalue weighted by atomic mass is 9.83. The number of hydrogen-bond acceptors (Lipinski definition) is 4. The predicted octanol–water partition coefficient (Wildman–Crippen LogP) is 6.13. The molecule has 1 unspecified atom stereocenters. The summed E-state index contributed by atoms with van der Waals surface area (Å²) >= 11 is 1.59. The Morgan fingerprint density at radius 2 is 1.72 bits per heavy atom. The van der Waals surface area contributed by atoms with Crippen LogP contribution in [0, 0.1) is 5.92 Å². The summed E-state index contributed by atoms with van der Waals surface area (Å²) in [6.07, 6.45) is 8.11. The van der Waals surface area contributed by atoms with Gasteiger partial charge in [-0.05, 0) is 47.7 Å². The average Bonchev–Trinajstić information content (AvgIpc) is 3.45. The van der Waals surface area contributed by atoms with E-state index in [2.05, 4.69) is 17.1 Å². The fraction of sp³-hybridized carbons (Fsp3) is 0.333. The van der Waals surface area contributed by atoms with E-state index in [1.807, 2.05) is 29.6 Å². The van der Waals surface area contributed by atoms with E-state index < -0.39 is 5.97 Å². The second kappa shape index (κ2) is 9.23. The SMILES string of the molecule is O=C(O)c1ccc(C(CC2CCCC2)c2ccc(OCc3nccs3)cc2)cc1. The first-order chi connectivity index (χ1) is 14.2. The number of hydrogen-bond donors (Lipinski definition) is 1. The lowest BCUT2D eigenvalue weighted by Gasteiger charge is -2.22. The van der Waals surface area contributed by atoms with Crippen molar-refractivity contribution in [3.05, 3.63) is 81.8 Å². The number of nitrogens with zero attached hydrogens (tertiary/aromatic N) is 1. The standard InChI is InChI=1S/C24H25NO3S/c26-24(27)20-7-5-18(6-8-20)22(15-17-3-1-2-4-17)19-9-11-21(12-10-19)28-16-23-25-13-14-29-23/h5-14,17,22H,1-4,15-16H2,(H,26,27). The molecule has 0 spiro atoms. The van der Waals surface area contributed by atoms with E-state index in [0.29, 0.717) is 12.2 Å². The molecule has 4 rings (SSSR count). The van der Waals surface area contributed by atoms with Gasteiger partial charge in [-0.1, -0.05) is 49.9 Å². The van der Waals surface area contributed by atoms with Crippen LogP contribution in [0.3, 0.4) is 0 Å². The van der Waals surface area contributed by atoms with Crippen LogP contribution in [0.4, 0.5) is 0 Å². The Morgan fingerprint density at radius 3 is 2.31 bits per heavy atom. The van der Waals surface area contributed by atoms with Gasteiger partial charge in [0.15, 0.2) is 0 Å². The van der Waals surface area contributed by atoms with Gasteiger partial charge in [-0.15, -0.1) is 11.3 Å². The van der Waals surface area contributed by atoms with E-state index in [9.17, 15) is 9.90 Å². The fourth-order valence-corrected chi connectivity index (χ4v) is 4.70. The van der Waals surface area contributed by atoms with Gasteiger partial charge >= 0.3 is 5.97 Å². The summed E-state index contributed by atoms with van der Waals surface area (Å²) in [4.78, 5) is 15.4. The first-order valence-electron chi connectivity index (χ1n) is 10.1. The molecular formula is C24H25NO3S. The van der Waals surface area contributed by atoms with Crippen LogP contribution in [0.5, 0.6) is 5.75 Å². The van der Waals surface area contributed by atoms with Gasteiger partial charge in [-0.2, -0.15) is 0 Å². The molecule has 4 nitrogen and oxygen atoms in total. The van der Waals surface area contributed by atoms with Crippen molar-refractivity contribution in [2.75, 3.05) is 0 Å². The summed E-state index contributed by atoms with van der Waals surface area (Å²) in [5, 5.41) is 12.1. The number of rotatable bonds is 8. The van der Waals surface area contributed by atoms with Gasteiger partial charge in [0, 0.05) is 17.5 Å². The summed E-state index contributed by atoms with van der Waals surface area (Å²) in [6, 6.07) is 15.7. The molecule has 29 heavy (non-hydrogen) atoms. The molecule has 0 amide bonds. The van der Waals surface area contributed by atoms with Gasteiger partial charge < -0.3 is 9.84 Å². The lowest BCUT2D eigenvalue weighted by molar-refractivity contribution is 0.0697. The third-order valence-corrected chi connectivity index (χ3v) is 6.49. The van der Waals surface area contributed by atoms with E-state index in [-0.39, 0.29) is 5.92 Å². The predicted molar refractivity (Wildman–Crippen MR) is 115 cm³/mol. The normalized spacial score (nSPS) is 15.3. The van der Waals surface area contributed by atoms with Crippen LogP contribution in [0.25, 0.3) is 0 Å². The Bertz CT molecular complexity index is 914. The molecule has 3 aromatic rings. The molecule has 1 aliphatic rings. The molecule has 2 aromatic carbocycles. The summed E-state index contributed by atoms with van der Waals surface area (Å²) < 4.78 is 5.85. The topological polar surface area (TPSA) is 59.4 Å². The first kappa shape index (κ1) is 19.6. The van der Waals surface area contributed by atoms with E-state index in [1.165, 1.54) is 36.8 Å². The summed E-state index contributed by atoms with van der Waals surface area (Å²) in [5.41, 5.74) is 2.76. The van der Waals surface area contributed by atoms with Gasteiger partial charge in [0.25, 0.3) is 0 Å². The fourth-order valence-electron chi connectivity index (χ4n) is 4.17. The molecular weight excluding hydrogens is 382 g/mol. The Morgan fingerprint density at radius 1 is 1.07 bits per heavy atom. The van der Waals surface area contributed by atoms with Crippen molar-refractivity contribution in [3.8, 4) is 5.75 Å². The van der Waals surface area contributed by atoms with Crippen LogP contribution in [0.15, 0.2) is 60.1 Å². The number of aromatic nitrogens is 1. The van der Waals surface area contributed by atoms with Crippen LogP contribution in [-0.2, 0) is 6.61 Å². The molecule has 0 bridgehead atoms. The minimum atomic E-state index is -0.884. The second-order valence-electron chi connectivity index (χ2n) is 7.65. The highest BCUT2D eigenvalue weighted by molar-refractivity contribution is 7.09. The highest BCUT2D eigenvalue weighted by atomic mass is 32.1. The molecule has 1 N–H and O–H groups in total. The van der Waals surface area contributed by atoms with E-state index in [4.69, 9.17) is 4.74 Å². The number of carboxylic acids is 1. The van der Waals surface area contributed by atoms with E-state index in [1.54, 1.807) is 29.7 Å². The molecule has 1 atom stereocenters. The van der Waals surface area contributed by atoms with Gasteiger partial charge in [0.1, 0.15) is 17.4 Å². The molecule has 1 saturated carbocycles. The third-order valence-electron chi connectivity index (χ3n) is 5.73. The zero-order chi connectivity index (χ0) is 20.1. The van der Waals surface area contributed by atoms with Crippen molar-refractivity contribution in [1.82, 2.24) is 4.98 Å². The minimum Gasteiger partial charge on any atom is -0.486 e. The maximum atomic E-state index is 11.2. The zero-order valence-corrected chi connectivity index (χ0v) is 17.1. The van der Waals surface area contributed by atoms with Crippen LogP contribution in [0.2, 0.25) is 0 Å². The number of carboxylic acid groups (broad SMARTS) is 1. The smallest absolute Gasteiger partial charge is 0.335 e. The molecule has 150 valence electrons. The Balaban J connectivity index is 1.52. The Hall–Kier alpha value is -2.66. The number of carbonyl (C=O) groups is 1. The molecule has 1 aromatic heterocycles. The van der Waals surface area contributed by atoms with Crippen molar-refractivity contribution in [2.45, 2.75) is 44.6 Å². The second-order valence-corrected chi connectivity index (χ2v) is 8.63. The quantitative estimate of drug-likeness (QED) is 0.488. The van der Waals surface area contributed by atoms with Crippen molar-refractivity contribution in [3.63, 3.8) is 0 Å². The van der Waals surface area contributed by atoms with E-state index >= 15 is 0 Å². The molecule has 0 saturated heterocycles. The van der Waals surface area contributed by atoms with Crippen LogP contribution >= 0.6 is 11.3 Å². The number of benzene rings is 2. The van der Waals surface area contributed by atoms with Gasteiger partial charge in [-0.25, -0.2) is 9.78 Å². The highest BCUT2D eigenvalue weighted by Gasteiger charge is 2.23. The molecule has 0 radical (unpaired) electrons. The van der Waals surface area contributed by atoms with Crippen molar-refractivity contribution in [2.24, 2.45) is 5.92 Å². The maximum absolute atomic E-state index is 11.2. The van der Waals surface area contributed by atoms with Gasteiger partial charge in [0.05, 0.1) is 5.56 Å². The molecule has 5 heteroatoms. The van der Waals surface area contributed by atoms with Crippen molar-refractivity contribution in [1.29, 1.82) is 0 Å². The number of aromatic carboxylic acids is 1. The Kier molecular flexibility index (Phi) is 6.25. The van der Waals surface area contributed by atoms with Crippen LogP contribution in [-0.4, -0.2) is 16.1 Å². The van der Waals surface area contributed by atoms with Crippen molar-refractivity contribution >= 4 is 17.3 Å². The third kappa shape index (κ3) is 5.04. The summed E-state index contributed by atoms with van der Waals surface area (Å²) in [5.74, 6) is 0.962. The van der Waals surface area contributed by atoms with Crippen LogP contribution in [0.1, 0.15) is 64.5 Å². The lowest BCUT2D eigenvalue weighted by Crippen LogP contribution is -2.08. The van der Waals surface area contributed by atoms with Gasteiger partial charge in [0.2, 0.25) is 0 Å². The number of thiazole rings is 1. The number of ether oxygens (including phenoxy) is 1. The molecule has 1 fully saturated rings. The zero-order valence-electron chi connectivity index (χ0n) is 16.3. The molecule has 0 aliphatic heterocycles. The summed E-state index contributed by atoms with van der Waals surface area (Å²) in [6.45, 7) is 0.485. The first-order valence-corrected chi connectivity index (χ1v) is 11.0. The van der Waals surface area contributed by atoms with Crippen LogP contribution < -0.4 is 4.74 Å². The summed E-state index contributed by atoms with van der Waals surface area (Å²) in [7, 11) is 0. The molecule has 1 aliphatic carbocycles. The van der Waals surface area contributed by atoms with Gasteiger partial charge in [-0.3, -0.25) is 0 Å². The molecule has 1 heterocycles. The maximum Gasteiger partial charge on any atom is 0.335 e. The minimum absolute atomic E-state index is 0.272. The largest absolute Gasteiger partial charge is 0.486 e. The van der Waals surface area contributed by atoms with E-state index in [0.717, 1.165) is 23.1 Å². The Labute approximate surface area is 175 Å². The van der Waals surface area contributed by atoms with Crippen molar-refractivity contribution < 1.29 is 14.6 Å².